The summed E-state index contributed by atoms with van der Waals surface area (Å²) in [5.74, 6) is -0.988. The predicted molar refractivity (Wildman–Crippen MR) is 112 cm³/mol. The molecule has 4 N–H and O–H groups in total. The molecule has 0 bridgehead atoms. The maximum Gasteiger partial charge on any atom is 0.469 e. The fraction of sp³-hybridized carbons (Fsp3) is 0.300. The number of carbonyl (C=O) groups excluding carboxylic acids is 2. The van der Waals surface area contributed by atoms with Crippen molar-refractivity contribution in [3.05, 3.63) is 73.6 Å². The molecule has 0 spiro atoms. The highest BCUT2D eigenvalue weighted by Gasteiger charge is 2.38. The SMILES string of the molecule is CC1=C(c2cn(C3CC(O)C(COP(=O)(O)O)O3)c(=O)[nH]c2=O)C(=O)c2ccccc2C1=O. The Hall–Kier alpha value is -2.99. The summed E-state index contributed by atoms with van der Waals surface area (Å²) in [7, 11) is -4.81. The molecule has 2 aliphatic rings. The second-order valence-electron chi connectivity index (χ2n) is 7.63. The Morgan fingerprint density at radius 2 is 1.76 bits per heavy atom. The third kappa shape index (κ3) is 4.32. The van der Waals surface area contributed by atoms with Crippen LogP contribution in [0.2, 0.25) is 0 Å². The molecule has 1 aromatic heterocycles. The lowest BCUT2D eigenvalue weighted by molar-refractivity contribution is -0.0451. The molecule has 1 fully saturated rings. The molecule has 2 heterocycles. The third-order valence-electron chi connectivity index (χ3n) is 5.52. The Labute approximate surface area is 185 Å². The van der Waals surface area contributed by atoms with Gasteiger partial charge in [-0.3, -0.25) is 28.5 Å². The van der Waals surface area contributed by atoms with Gasteiger partial charge in [-0.25, -0.2) is 9.36 Å². The number of benzene rings is 1. The number of aliphatic hydroxyl groups is 1. The molecule has 0 saturated carbocycles. The smallest absolute Gasteiger partial charge is 0.390 e. The lowest BCUT2D eigenvalue weighted by atomic mass is 9.82. The maximum atomic E-state index is 13.1. The quantitative estimate of drug-likeness (QED) is 0.431. The van der Waals surface area contributed by atoms with Crippen molar-refractivity contribution in [3.8, 4) is 0 Å². The standard InChI is InChI=1S/C20H19N2O10P/c1-9-16(18(25)11-5-3-2-4-10(11)17(9)24)12-7-22(20(27)21-19(12)26)15-6-13(23)14(32-15)8-31-33(28,29)30/h2-5,7,13-15,23H,6,8H2,1H3,(H,21,26,27)(H2,28,29,30). The van der Waals surface area contributed by atoms with Gasteiger partial charge in [-0.1, -0.05) is 24.3 Å². The molecule has 0 radical (unpaired) electrons. The van der Waals surface area contributed by atoms with Gasteiger partial charge in [-0.15, -0.1) is 0 Å². The number of nitrogens with one attached hydrogen (secondary N) is 1. The van der Waals surface area contributed by atoms with Crippen LogP contribution in [-0.4, -0.2) is 54.8 Å². The van der Waals surface area contributed by atoms with Crippen LogP contribution in [0.1, 0.15) is 45.9 Å². The van der Waals surface area contributed by atoms with E-state index in [2.05, 4.69) is 9.51 Å². The molecule has 174 valence electrons. The van der Waals surface area contributed by atoms with Crippen LogP contribution < -0.4 is 11.2 Å². The van der Waals surface area contributed by atoms with Gasteiger partial charge < -0.3 is 19.6 Å². The van der Waals surface area contributed by atoms with Gasteiger partial charge in [0.25, 0.3) is 5.56 Å². The molecule has 1 aliphatic carbocycles. The first kappa shape index (κ1) is 23.2. The van der Waals surface area contributed by atoms with Gasteiger partial charge in [0.2, 0.25) is 0 Å². The molecule has 13 heteroatoms. The monoisotopic (exact) mass is 478 g/mol. The number of ketones is 2. The number of aliphatic hydroxyl groups excluding tert-OH is 1. The second kappa shape index (κ2) is 8.41. The number of H-pyrrole nitrogens is 1. The zero-order valence-corrected chi connectivity index (χ0v) is 18.0. The fourth-order valence-corrected chi connectivity index (χ4v) is 4.25. The highest BCUT2D eigenvalue weighted by molar-refractivity contribution is 7.46. The Kier molecular flexibility index (Phi) is 5.91. The van der Waals surface area contributed by atoms with Crippen LogP contribution in [0.5, 0.6) is 0 Å². The molecule has 1 saturated heterocycles. The topological polar surface area (TPSA) is 185 Å². The van der Waals surface area contributed by atoms with E-state index in [1.54, 1.807) is 12.1 Å². The first-order valence-corrected chi connectivity index (χ1v) is 11.3. The molecule has 3 unspecified atom stereocenters. The number of allylic oxidation sites excluding steroid dienone is 2. The van der Waals surface area contributed by atoms with Gasteiger partial charge in [0, 0.05) is 34.9 Å². The number of carbonyl (C=O) groups is 2. The minimum absolute atomic E-state index is 0.0368. The summed E-state index contributed by atoms with van der Waals surface area (Å²) in [6.07, 6.45) is -2.60. The van der Waals surface area contributed by atoms with Crippen LogP contribution in [-0.2, 0) is 13.8 Å². The average molecular weight is 478 g/mol. The Morgan fingerprint density at radius 1 is 1.12 bits per heavy atom. The normalized spacial score (nSPS) is 23.2. The van der Waals surface area contributed by atoms with Crippen molar-refractivity contribution in [1.82, 2.24) is 9.55 Å². The van der Waals surface area contributed by atoms with Gasteiger partial charge in [0.05, 0.1) is 18.3 Å². The number of Topliss-reactive ketones (excluding diaryl/α,β-unsaturated/α-hetero) is 2. The van der Waals surface area contributed by atoms with E-state index in [1.807, 2.05) is 0 Å². The molecule has 1 aromatic carbocycles. The number of aromatic nitrogens is 2. The van der Waals surface area contributed by atoms with E-state index in [0.29, 0.717) is 0 Å². The first-order chi connectivity index (χ1) is 15.5. The van der Waals surface area contributed by atoms with Crippen molar-refractivity contribution >= 4 is 25.0 Å². The number of phosphoric ester groups is 1. The number of aromatic amines is 1. The summed E-state index contributed by atoms with van der Waals surface area (Å²) in [6.45, 7) is 0.770. The fourth-order valence-electron chi connectivity index (χ4n) is 3.91. The number of hydrogen-bond acceptors (Lipinski definition) is 8. The van der Waals surface area contributed by atoms with Gasteiger partial charge in [0.1, 0.15) is 12.3 Å². The van der Waals surface area contributed by atoms with Crippen molar-refractivity contribution in [2.75, 3.05) is 6.61 Å². The van der Waals surface area contributed by atoms with E-state index in [0.717, 1.165) is 10.8 Å². The van der Waals surface area contributed by atoms with Crippen LogP contribution in [0, 0.1) is 0 Å². The molecule has 3 atom stereocenters. The zero-order chi connectivity index (χ0) is 24.1. The number of nitrogens with zero attached hydrogens (tertiary/aromatic N) is 1. The Bertz CT molecular complexity index is 1350. The van der Waals surface area contributed by atoms with Crippen molar-refractivity contribution in [2.24, 2.45) is 0 Å². The van der Waals surface area contributed by atoms with Crippen LogP contribution in [0.4, 0.5) is 0 Å². The molecule has 2 aromatic rings. The predicted octanol–water partition coefficient (Wildman–Crippen LogP) is 0.147. The number of ether oxygens (including phenoxy) is 1. The van der Waals surface area contributed by atoms with E-state index < -0.39 is 55.7 Å². The van der Waals surface area contributed by atoms with Crippen LogP contribution in [0.15, 0.2) is 45.6 Å². The minimum Gasteiger partial charge on any atom is -0.390 e. The lowest BCUT2D eigenvalue weighted by Gasteiger charge is -2.20. The summed E-state index contributed by atoms with van der Waals surface area (Å²) < 4.78 is 21.7. The van der Waals surface area contributed by atoms with Crippen molar-refractivity contribution in [3.63, 3.8) is 0 Å². The number of rotatable bonds is 5. The van der Waals surface area contributed by atoms with Gasteiger partial charge in [-0.05, 0) is 6.92 Å². The van der Waals surface area contributed by atoms with Crippen LogP contribution >= 0.6 is 7.82 Å². The summed E-state index contributed by atoms with van der Waals surface area (Å²) >= 11 is 0. The summed E-state index contributed by atoms with van der Waals surface area (Å²) in [4.78, 5) is 70.7. The molecule has 1 aliphatic heterocycles. The molecule has 33 heavy (non-hydrogen) atoms. The lowest BCUT2D eigenvalue weighted by Crippen LogP contribution is -2.35. The summed E-state index contributed by atoms with van der Waals surface area (Å²) in [6, 6.07) is 6.18. The van der Waals surface area contributed by atoms with E-state index in [4.69, 9.17) is 14.5 Å². The Morgan fingerprint density at radius 3 is 2.39 bits per heavy atom. The first-order valence-electron chi connectivity index (χ1n) is 9.76. The van der Waals surface area contributed by atoms with Gasteiger partial charge in [-0.2, -0.15) is 0 Å². The number of phosphoric acid groups is 1. The van der Waals surface area contributed by atoms with Gasteiger partial charge in [0.15, 0.2) is 11.6 Å². The highest BCUT2D eigenvalue weighted by atomic mass is 31.2. The van der Waals surface area contributed by atoms with Gasteiger partial charge >= 0.3 is 13.5 Å². The number of fused-ring (bicyclic) bond motifs is 1. The molecule has 0 amide bonds. The summed E-state index contributed by atoms with van der Waals surface area (Å²) in [5.41, 5.74) is -1.79. The van der Waals surface area contributed by atoms with E-state index >= 15 is 0 Å². The highest BCUT2D eigenvalue weighted by Crippen LogP contribution is 2.38. The van der Waals surface area contributed by atoms with Crippen molar-refractivity contribution in [1.29, 1.82) is 0 Å². The molecular formula is C20H19N2O10P. The summed E-state index contributed by atoms with van der Waals surface area (Å²) in [5, 5.41) is 10.2. The van der Waals surface area contributed by atoms with E-state index in [-0.39, 0.29) is 34.3 Å². The minimum atomic E-state index is -4.81. The largest absolute Gasteiger partial charge is 0.469 e. The van der Waals surface area contributed by atoms with E-state index in [9.17, 15) is 28.8 Å². The van der Waals surface area contributed by atoms with Crippen LogP contribution in [0.25, 0.3) is 5.57 Å². The molecular weight excluding hydrogens is 459 g/mol. The zero-order valence-electron chi connectivity index (χ0n) is 17.1. The molecule has 12 nitrogen and oxygen atoms in total. The third-order valence-corrected chi connectivity index (χ3v) is 6.00. The maximum absolute atomic E-state index is 13.1. The van der Waals surface area contributed by atoms with Crippen molar-refractivity contribution < 1.29 is 38.3 Å². The molecule has 4 rings (SSSR count). The Balaban J connectivity index is 1.72. The van der Waals surface area contributed by atoms with Crippen LogP contribution in [0.3, 0.4) is 0 Å². The van der Waals surface area contributed by atoms with Crippen molar-refractivity contribution in [2.45, 2.75) is 31.8 Å². The van der Waals surface area contributed by atoms with E-state index in [1.165, 1.54) is 19.1 Å². The second-order valence-corrected chi connectivity index (χ2v) is 8.87. The average Bonchev–Trinajstić information content (AvgIpc) is 3.12. The number of hydrogen-bond donors (Lipinski definition) is 4.